The van der Waals surface area contributed by atoms with Crippen molar-refractivity contribution in [3.05, 3.63) is 29.3 Å². The molecule has 0 aromatic heterocycles. The van der Waals surface area contributed by atoms with Crippen LogP contribution < -0.4 is 4.90 Å². The summed E-state index contributed by atoms with van der Waals surface area (Å²) in [5.41, 5.74) is 1.20. The molecule has 96 valence electrons. The molecule has 1 rings (SSSR count). The van der Waals surface area contributed by atoms with E-state index in [1.807, 2.05) is 11.9 Å². The fourth-order valence-corrected chi connectivity index (χ4v) is 1.61. The van der Waals surface area contributed by atoms with Gasteiger partial charge in [0.1, 0.15) is 6.07 Å². The summed E-state index contributed by atoms with van der Waals surface area (Å²) in [7, 11) is 1.92. The molecule has 0 saturated heterocycles. The van der Waals surface area contributed by atoms with Crippen LogP contribution in [0.2, 0.25) is 0 Å². The molecule has 0 fully saturated rings. The SMILES string of the molecule is CCC(C)(C)N(C)c1ccc(C(=O)O)cc1C#N. The minimum absolute atomic E-state index is 0.0870. The van der Waals surface area contributed by atoms with Crippen molar-refractivity contribution in [2.75, 3.05) is 11.9 Å². The second-order valence-electron chi connectivity index (χ2n) is 4.87. The monoisotopic (exact) mass is 246 g/mol. The van der Waals surface area contributed by atoms with Crippen molar-refractivity contribution in [3.63, 3.8) is 0 Å². The minimum atomic E-state index is -1.02. The van der Waals surface area contributed by atoms with Crippen LogP contribution >= 0.6 is 0 Å². The third kappa shape index (κ3) is 2.62. The van der Waals surface area contributed by atoms with Crippen molar-refractivity contribution in [2.45, 2.75) is 32.7 Å². The van der Waals surface area contributed by atoms with Gasteiger partial charge in [0.15, 0.2) is 0 Å². The molecule has 0 bridgehead atoms. The van der Waals surface area contributed by atoms with Gasteiger partial charge in [-0.1, -0.05) is 6.92 Å². The number of nitriles is 1. The van der Waals surface area contributed by atoms with Crippen LogP contribution in [0.5, 0.6) is 0 Å². The van der Waals surface area contributed by atoms with E-state index in [0.717, 1.165) is 12.1 Å². The van der Waals surface area contributed by atoms with Gasteiger partial charge in [0.2, 0.25) is 0 Å². The van der Waals surface area contributed by atoms with Gasteiger partial charge < -0.3 is 10.0 Å². The Balaban J connectivity index is 3.27. The number of hydrogen-bond acceptors (Lipinski definition) is 3. The van der Waals surface area contributed by atoms with Gasteiger partial charge in [-0.15, -0.1) is 0 Å². The number of carbonyl (C=O) groups is 1. The number of aromatic carboxylic acids is 1. The Bertz CT molecular complexity index is 501. The summed E-state index contributed by atoms with van der Waals surface area (Å²) in [6.45, 7) is 6.24. The second kappa shape index (κ2) is 5.09. The number of benzene rings is 1. The van der Waals surface area contributed by atoms with Crippen molar-refractivity contribution >= 4 is 11.7 Å². The van der Waals surface area contributed by atoms with Crippen LogP contribution in [0.15, 0.2) is 18.2 Å². The third-order valence-electron chi connectivity index (χ3n) is 3.50. The van der Waals surface area contributed by atoms with Gasteiger partial charge in [-0.05, 0) is 38.5 Å². The highest BCUT2D eigenvalue weighted by atomic mass is 16.4. The van der Waals surface area contributed by atoms with Gasteiger partial charge in [0.25, 0.3) is 0 Å². The maximum Gasteiger partial charge on any atom is 0.335 e. The Labute approximate surface area is 107 Å². The summed E-state index contributed by atoms with van der Waals surface area (Å²) >= 11 is 0. The molecule has 1 aromatic rings. The Hall–Kier alpha value is -2.02. The minimum Gasteiger partial charge on any atom is -0.478 e. The van der Waals surface area contributed by atoms with Crippen LogP contribution in [-0.4, -0.2) is 23.7 Å². The van der Waals surface area contributed by atoms with Gasteiger partial charge in [-0.25, -0.2) is 4.79 Å². The van der Waals surface area contributed by atoms with E-state index in [1.54, 1.807) is 6.07 Å². The first-order valence-electron chi connectivity index (χ1n) is 5.84. The number of nitrogens with zero attached hydrogens (tertiary/aromatic N) is 2. The van der Waals surface area contributed by atoms with Gasteiger partial charge in [0.05, 0.1) is 16.8 Å². The Morgan fingerprint density at radius 1 is 1.50 bits per heavy atom. The van der Waals surface area contributed by atoms with E-state index in [2.05, 4.69) is 26.8 Å². The highest BCUT2D eigenvalue weighted by Crippen LogP contribution is 2.28. The fourth-order valence-electron chi connectivity index (χ4n) is 1.61. The van der Waals surface area contributed by atoms with Crippen LogP contribution in [0, 0.1) is 11.3 Å². The predicted molar refractivity (Wildman–Crippen MR) is 70.9 cm³/mol. The van der Waals surface area contributed by atoms with E-state index >= 15 is 0 Å². The van der Waals surface area contributed by atoms with Crippen molar-refractivity contribution in [2.24, 2.45) is 0 Å². The lowest BCUT2D eigenvalue weighted by Gasteiger charge is -2.37. The smallest absolute Gasteiger partial charge is 0.335 e. The third-order valence-corrected chi connectivity index (χ3v) is 3.50. The largest absolute Gasteiger partial charge is 0.478 e. The Morgan fingerprint density at radius 2 is 2.11 bits per heavy atom. The molecule has 1 aromatic carbocycles. The molecular formula is C14H18N2O2. The van der Waals surface area contributed by atoms with E-state index in [0.29, 0.717) is 5.56 Å². The zero-order valence-corrected chi connectivity index (χ0v) is 11.2. The summed E-state index contributed by atoms with van der Waals surface area (Å²) in [6, 6.07) is 6.70. The molecule has 0 aliphatic rings. The Kier molecular flexibility index (Phi) is 3.97. The molecule has 0 aliphatic carbocycles. The Morgan fingerprint density at radius 3 is 2.56 bits per heavy atom. The highest BCUT2D eigenvalue weighted by Gasteiger charge is 2.23. The lowest BCUT2D eigenvalue weighted by molar-refractivity contribution is 0.0697. The van der Waals surface area contributed by atoms with E-state index in [4.69, 9.17) is 10.4 Å². The van der Waals surface area contributed by atoms with Crippen molar-refractivity contribution in [1.82, 2.24) is 0 Å². The molecule has 0 saturated carbocycles. The predicted octanol–water partition coefficient (Wildman–Crippen LogP) is 2.88. The van der Waals surface area contributed by atoms with Crippen molar-refractivity contribution < 1.29 is 9.90 Å². The summed E-state index contributed by atoms with van der Waals surface area (Å²) in [5.74, 6) is -1.02. The van der Waals surface area contributed by atoms with E-state index < -0.39 is 5.97 Å². The molecule has 1 N–H and O–H groups in total. The van der Waals surface area contributed by atoms with Gasteiger partial charge >= 0.3 is 5.97 Å². The molecule has 0 aliphatic heterocycles. The van der Waals surface area contributed by atoms with Crippen LogP contribution in [0.4, 0.5) is 5.69 Å². The van der Waals surface area contributed by atoms with Crippen LogP contribution in [0.1, 0.15) is 43.1 Å². The van der Waals surface area contributed by atoms with Gasteiger partial charge in [-0.3, -0.25) is 0 Å². The maximum absolute atomic E-state index is 10.9. The molecule has 4 nitrogen and oxygen atoms in total. The fraction of sp³-hybridized carbons (Fsp3) is 0.429. The maximum atomic E-state index is 10.9. The van der Waals surface area contributed by atoms with Crippen LogP contribution in [0.3, 0.4) is 0 Å². The second-order valence-corrected chi connectivity index (χ2v) is 4.87. The highest BCUT2D eigenvalue weighted by molar-refractivity contribution is 5.89. The molecular weight excluding hydrogens is 228 g/mol. The first-order chi connectivity index (χ1) is 8.33. The number of carboxylic acids is 1. The zero-order chi connectivity index (χ0) is 13.9. The van der Waals surface area contributed by atoms with E-state index in [9.17, 15) is 4.79 Å². The first kappa shape index (κ1) is 14.0. The van der Waals surface area contributed by atoms with E-state index in [1.165, 1.54) is 12.1 Å². The molecule has 0 radical (unpaired) electrons. The topological polar surface area (TPSA) is 64.3 Å². The number of carboxylic acid groups (broad SMARTS) is 1. The molecule has 0 spiro atoms. The lowest BCUT2D eigenvalue weighted by atomic mass is 9.97. The molecule has 0 heterocycles. The average molecular weight is 246 g/mol. The molecule has 0 atom stereocenters. The number of rotatable bonds is 4. The standard InChI is InChI=1S/C14H18N2O2/c1-5-14(2,3)16(4)12-7-6-10(13(17)18)8-11(12)9-15/h6-8H,5H2,1-4H3,(H,17,18). The number of hydrogen-bond donors (Lipinski definition) is 1. The average Bonchev–Trinajstić information content (AvgIpc) is 2.36. The van der Waals surface area contributed by atoms with E-state index in [-0.39, 0.29) is 11.1 Å². The molecule has 0 unspecified atom stereocenters. The van der Waals surface area contributed by atoms with Crippen LogP contribution in [0.25, 0.3) is 0 Å². The normalized spacial score (nSPS) is 10.8. The first-order valence-corrected chi connectivity index (χ1v) is 5.84. The zero-order valence-electron chi connectivity index (χ0n) is 11.2. The molecule has 0 amide bonds. The summed E-state index contributed by atoms with van der Waals surface area (Å²) in [4.78, 5) is 12.9. The summed E-state index contributed by atoms with van der Waals surface area (Å²) in [6.07, 6.45) is 0.926. The van der Waals surface area contributed by atoms with Crippen molar-refractivity contribution in [1.29, 1.82) is 5.26 Å². The summed E-state index contributed by atoms with van der Waals surface area (Å²) in [5, 5.41) is 18.1. The number of anilines is 1. The molecule has 4 heteroatoms. The van der Waals surface area contributed by atoms with Crippen LogP contribution in [-0.2, 0) is 0 Å². The molecule has 18 heavy (non-hydrogen) atoms. The van der Waals surface area contributed by atoms with Crippen molar-refractivity contribution in [3.8, 4) is 6.07 Å². The summed E-state index contributed by atoms with van der Waals surface area (Å²) < 4.78 is 0. The van der Waals surface area contributed by atoms with Gasteiger partial charge in [-0.2, -0.15) is 5.26 Å². The quantitative estimate of drug-likeness (QED) is 0.887. The lowest BCUT2D eigenvalue weighted by Crippen LogP contribution is -2.41. The van der Waals surface area contributed by atoms with Gasteiger partial charge in [0, 0.05) is 12.6 Å².